The SMILES string of the molecule is COc1c(-c2cnccn2)cnn(Cc2ccccc2)c1=O. The minimum atomic E-state index is -0.297. The van der Waals surface area contributed by atoms with Crippen molar-refractivity contribution in [1.82, 2.24) is 19.7 Å². The minimum absolute atomic E-state index is 0.214. The summed E-state index contributed by atoms with van der Waals surface area (Å²) >= 11 is 0. The quantitative estimate of drug-likeness (QED) is 0.733. The largest absolute Gasteiger partial charge is 0.491 e. The number of aromatic nitrogens is 4. The van der Waals surface area contributed by atoms with Crippen LogP contribution in [0.15, 0.2) is 59.9 Å². The molecule has 0 saturated carbocycles. The zero-order valence-corrected chi connectivity index (χ0v) is 12.0. The number of methoxy groups -OCH3 is 1. The lowest BCUT2D eigenvalue weighted by Crippen LogP contribution is -2.25. The van der Waals surface area contributed by atoms with Crippen molar-refractivity contribution in [2.45, 2.75) is 6.54 Å². The maximum Gasteiger partial charge on any atom is 0.310 e. The molecule has 0 spiro atoms. The highest BCUT2D eigenvalue weighted by Gasteiger charge is 2.14. The molecule has 110 valence electrons. The third-order valence-corrected chi connectivity index (χ3v) is 3.22. The first-order valence-corrected chi connectivity index (χ1v) is 6.74. The van der Waals surface area contributed by atoms with E-state index in [2.05, 4.69) is 15.1 Å². The highest BCUT2D eigenvalue weighted by Crippen LogP contribution is 2.22. The smallest absolute Gasteiger partial charge is 0.310 e. The molecule has 3 rings (SSSR count). The summed E-state index contributed by atoms with van der Waals surface area (Å²) in [6.07, 6.45) is 6.28. The van der Waals surface area contributed by atoms with Crippen molar-refractivity contribution in [3.63, 3.8) is 0 Å². The monoisotopic (exact) mass is 294 g/mol. The summed E-state index contributed by atoms with van der Waals surface area (Å²) in [7, 11) is 1.46. The van der Waals surface area contributed by atoms with Gasteiger partial charge in [0.25, 0.3) is 0 Å². The van der Waals surface area contributed by atoms with Crippen LogP contribution in [-0.4, -0.2) is 26.9 Å². The molecule has 0 fully saturated rings. The molecule has 6 heteroatoms. The van der Waals surface area contributed by atoms with Gasteiger partial charge in [-0.25, -0.2) is 4.68 Å². The van der Waals surface area contributed by atoms with E-state index in [0.717, 1.165) is 5.56 Å². The Morgan fingerprint density at radius 3 is 2.64 bits per heavy atom. The van der Waals surface area contributed by atoms with E-state index < -0.39 is 0 Å². The average Bonchev–Trinajstić information content (AvgIpc) is 2.58. The van der Waals surface area contributed by atoms with Crippen molar-refractivity contribution in [3.05, 3.63) is 71.0 Å². The standard InChI is InChI=1S/C16H14N4O2/c1-22-15-13(14-10-17-7-8-18-14)9-19-20(16(15)21)11-12-5-3-2-4-6-12/h2-10H,11H2,1H3. The first kappa shape index (κ1) is 13.9. The van der Waals surface area contributed by atoms with E-state index in [-0.39, 0.29) is 11.3 Å². The first-order valence-electron chi connectivity index (χ1n) is 6.74. The lowest BCUT2D eigenvalue weighted by molar-refractivity contribution is 0.400. The zero-order valence-electron chi connectivity index (χ0n) is 12.0. The van der Waals surface area contributed by atoms with Gasteiger partial charge in [0, 0.05) is 12.4 Å². The maximum absolute atomic E-state index is 12.5. The van der Waals surface area contributed by atoms with Crippen molar-refractivity contribution in [2.24, 2.45) is 0 Å². The van der Waals surface area contributed by atoms with Gasteiger partial charge in [-0.1, -0.05) is 30.3 Å². The van der Waals surface area contributed by atoms with Crippen LogP contribution in [0.25, 0.3) is 11.3 Å². The molecule has 0 radical (unpaired) electrons. The van der Waals surface area contributed by atoms with Crippen LogP contribution in [-0.2, 0) is 6.54 Å². The van der Waals surface area contributed by atoms with Gasteiger partial charge in [-0.3, -0.25) is 14.8 Å². The van der Waals surface area contributed by atoms with Gasteiger partial charge in [0.15, 0.2) is 5.75 Å². The van der Waals surface area contributed by atoms with E-state index in [1.807, 2.05) is 30.3 Å². The van der Waals surface area contributed by atoms with Crippen LogP contribution in [0.2, 0.25) is 0 Å². The molecule has 3 aromatic rings. The van der Waals surface area contributed by atoms with E-state index in [1.165, 1.54) is 11.8 Å². The molecule has 0 atom stereocenters. The number of hydrogen-bond donors (Lipinski definition) is 0. The summed E-state index contributed by atoms with van der Waals surface area (Å²) in [4.78, 5) is 20.7. The van der Waals surface area contributed by atoms with Gasteiger partial charge in [-0.2, -0.15) is 5.10 Å². The predicted octanol–water partition coefficient (Wildman–Crippen LogP) is 1.76. The van der Waals surface area contributed by atoms with Crippen LogP contribution in [0.1, 0.15) is 5.56 Å². The molecule has 0 saturated heterocycles. The second kappa shape index (κ2) is 6.17. The molecule has 0 aliphatic carbocycles. The van der Waals surface area contributed by atoms with E-state index >= 15 is 0 Å². The third kappa shape index (κ3) is 2.71. The summed E-state index contributed by atoms with van der Waals surface area (Å²) in [5, 5.41) is 4.21. The van der Waals surface area contributed by atoms with Gasteiger partial charge in [0.2, 0.25) is 0 Å². The fraction of sp³-hybridized carbons (Fsp3) is 0.125. The minimum Gasteiger partial charge on any atom is -0.491 e. The normalized spacial score (nSPS) is 10.4. The Morgan fingerprint density at radius 2 is 1.95 bits per heavy atom. The third-order valence-electron chi connectivity index (χ3n) is 3.22. The maximum atomic E-state index is 12.5. The van der Waals surface area contributed by atoms with Gasteiger partial charge in [-0.05, 0) is 5.56 Å². The molecule has 0 amide bonds. The summed E-state index contributed by atoms with van der Waals surface area (Å²) in [5.74, 6) is 0.214. The molecule has 0 aliphatic rings. The van der Waals surface area contributed by atoms with Crippen molar-refractivity contribution in [3.8, 4) is 17.0 Å². The Labute approximate surface area is 127 Å². The molecule has 0 aliphatic heterocycles. The molecule has 0 unspecified atom stereocenters. The van der Waals surface area contributed by atoms with Crippen LogP contribution < -0.4 is 10.3 Å². The van der Waals surface area contributed by atoms with Crippen molar-refractivity contribution in [2.75, 3.05) is 7.11 Å². The Morgan fingerprint density at radius 1 is 1.14 bits per heavy atom. The molecule has 22 heavy (non-hydrogen) atoms. The van der Waals surface area contributed by atoms with Crippen LogP contribution in [0.5, 0.6) is 5.75 Å². The van der Waals surface area contributed by atoms with Crippen LogP contribution >= 0.6 is 0 Å². The highest BCUT2D eigenvalue weighted by molar-refractivity contribution is 5.64. The van der Waals surface area contributed by atoms with Crippen LogP contribution in [0.3, 0.4) is 0 Å². The zero-order chi connectivity index (χ0) is 15.4. The second-order valence-electron chi connectivity index (χ2n) is 4.63. The molecule has 6 nitrogen and oxygen atoms in total. The highest BCUT2D eigenvalue weighted by atomic mass is 16.5. The number of ether oxygens (including phenoxy) is 1. The molecule has 1 aromatic carbocycles. The Bertz CT molecular complexity index is 817. The van der Waals surface area contributed by atoms with E-state index in [9.17, 15) is 4.79 Å². The van der Waals surface area contributed by atoms with Gasteiger partial charge in [0.05, 0.1) is 37.3 Å². The van der Waals surface area contributed by atoms with Crippen LogP contribution in [0, 0.1) is 0 Å². The van der Waals surface area contributed by atoms with E-state index in [4.69, 9.17) is 4.74 Å². The number of benzene rings is 1. The molecular formula is C16H14N4O2. The fourth-order valence-corrected chi connectivity index (χ4v) is 2.16. The number of nitrogens with zero attached hydrogens (tertiary/aromatic N) is 4. The van der Waals surface area contributed by atoms with Crippen molar-refractivity contribution < 1.29 is 4.74 Å². The second-order valence-corrected chi connectivity index (χ2v) is 4.63. The lowest BCUT2D eigenvalue weighted by Gasteiger charge is -2.10. The average molecular weight is 294 g/mol. The predicted molar refractivity (Wildman–Crippen MR) is 81.6 cm³/mol. The Balaban J connectivity index is 2.04. The fourth-order valence-electron chi connectivity index (χ4n) is 2.16. The summed E-state index contributed by atoms with van der Waals surface area (Å²) in [6, 6.07) is 9.66. The van der Waals surface area contributed by atoms with Crippen LogP contribution in [0.4, 0.5) is 0 Å². The van der Waals surface area contributed by atoms with Crippen molar-refractivity contribution >= 4 is 0 Å². The molecule has 2 heterocycles. The Hall–Kier alpha value is -3.02. The molecule has 0 N–H and O–H groups in total. The number of hydrogen-bond acceptors (Lipinski definition) is 5. The lowest BCUT2D eigenvalue weighted by atomic mass is 10.2. The molecule has 0 bridgehead atoms. The molecule has 2 aromatic heterocycles. The van der Waals surface area contributed by atoms with E-state index in [1.54, 1.807) is 24.8 Å². The van der Waals surface area contributed by atoms with Gasteiger partial charge in [-0.15, -0.1) is 0 Å². The van der Waals surface area contributed by atoms with Gasteiger partial charge >= 0.3 is 5.56 Å². The Kier molecular flexibility index (Phi) is 3.91. The topological polar surface area (TPSA) is 69.9 Å². The summed E-state index contributed by atoms with van der Waals surface area (Å²) < 4.78 is 6.64. The summed E-state index contributed by atoms with van der Waals surface area (Å²) in [5.41, 5.74) is 1.78. The number of rotatable bonds is 4. The van der Waals surface area contributed by atoms with E-state index in [0.29, 0.717) is 17.8 Å². The summed E-state index contributed by atoms with van der Waals surface area (Å²) in [6.45, 7) is 0.386. The van der Waals surface area contributed by atoms with Crippen molar-refractivity contribution in [1.29, 1.82) is 0 Å². The first-order chi connectivity index (χ1) is 10.8. The van der Waals surface area contributed by atoms with Gasteiger partial charge < -0.3 is 4.74 Å². The van der Waals surface area contributed by atoms with Gasteiger partial charge in [0.1, 0.15) is 0 Å². The molecular weight excluding hydrogens is 280 g/mol.